The molecule has 4 heteroatoms. The Labute approximate surface area is 114 Å². The second-order valence-electron chi connectivity index (χ2n) is 5.02. The van der Waals surface area contributed by atoms with E-state index in [-0.39, 0.29) is 17.8 Å². The number of carbonyl (C=O) groups excluding carboxylic acids is 1. The molecule has 0 aliphatic heterocycles. The van der Waals surface area contributed by atoms with E-state index in [2.05, 4.69) is 24.5 Å². The van der Waals surface area contributed by atoms with Gasteiger partial charge in [-0.15, -0.1) is 0 Å². The Kier molecular flexibility index (Phi) is 6.50. The fourth-order valence-electron chi connectivity index (χ4n) is 1.86. The van der Waals surface area contributed by atoms with E-state index in [1.165, 1.54) is 6.07 Å². The van der Waals surface area contributed by atoms with Gasteiger partial charge in [0.2, 0.25) is 5.91 Å². The second kappa shape index (κ2) is 7.89. The van der Waals surface area contributed by atoms with Crippen molar-refractivity contribution in [1.29, 1.82) is 0 Å². The number of carbonyl (C=O) groups is 1. The van der Waals surface area contributed by atoms with Crippen LogP contribution in [-0.2, 0) is 4.79 Å². The molecule has 0 aromatic heterocycles. The molecule has 106 valence electrons. The summed E-state index contributed by atoms with van der Waals surface area (Å²) in [7, 11) is 0. The normalized spacial score (nSPS) is 12.5. The third-order valence-corrected chi connectivity index (χ3v) is 2.88. The molecule has 0 saturated carbocycles. The van der Waals surface area contributed by atoms with Gasteiger partial charge in [0.05, 0.1) is 6.04 Å². The molecular weight excluding hydrogens is 243 g/mol. The van der Waals surface area contributed by atoms with Gasteiger partial charge in [0.1, 0.15) is 5.82 Å². The highest BCUT2D eigenvalue weighted by Gasteiger charge is 2.12. The van der Waals surface area contributed by atoms with E-state index in [1.54, 1.807) is 25.1 Å². The minimum Gasteiger partial charge on any atom is -0.349 e. The summed E-state index contributed by atoms with van der Waals surface area (Å²) >= 11 is 0. The number of halogens is 1. The van der Waals surface area contributed by atoms with Crippen LogP contribution < -0.4 is 10.6 Å². The van der Waals surface area contributed by atoms with Gasteiger partial charge >= 0.3 is 0 Å². The van der Waals surface area contributed by atoms with Crippen molar-refractivity contribution in [3.8, 4) is 0 Å². The molecule has 0 fully saturated rings. The number of amides is 1. The van der Waals surface area contributed by atoms with Gasteiger partial charge in [0.25, 0.3) is 0 Å². The van der Waals surface area contributed by atoms with Crippen LogP contribution in [0.3, 0.4) is 0 Å². The highest BCUT2D eigenvalue weighted by Crippen LogP contribution is 2.16. The summed E-state index contributed by atoms with van der Waals surface area (Å²) in [6.45, 7) is 6.75. The number of rotatable bonds is 7. The van der Waals surface area contributed by atoms with Gasteiger partial charge < -0.3 is 10.6 Å². The molecule has 19 heavy (non-hydrogen) atoms. The van der Waals surface area contributed by atoms with Crippen LogP contribution in [0.25, 0.3) is 0 Å². The van der Waals surface area contributed by atoms with Crippen LogP contribution in [-0.4, -0.2) is 18.5 Å². The highest BCUT2D eigenvalue weighted by atomic mass is 19.1. The third kappa shape index (κ3) is 5.83. The molecule has 1 aromatic carbocycles. The van der Waals surface area contributed by atoms with Gasteiger partial charge in [0, 0.05) is 18.0 Å². The Morgan fingerprint density at radius 2 is 1.95 bits per heavy atom. The van der Waals surface area contributed by atoms with Crippen molar-refractivity contribution in [3.05, 3.63) is 35.6 Å². The van der Waals surface area contributed by atoms with Gasteiger partial charge in [0.15, 0.2) is 0 Å². The summed E-state index contributed by atoms with van der Waals surface area (Å²) in [5, 5.41) is 6.07. The zero-order valence-corrected chi connectivity index (χ0v) is 11.9. The van der Waals surface area contributed by atoms with Crippen molar-refractivity contribution < 1.29 is 9.18 Å². The first-order valence-electron chi connectivity index (χ1n) is 6.78. The van der Waals surface area contributed by atoms with Crippen LogP contribution in [0.2, 0.25) is 0 Å². The number of benzene rings is 1. The standard InChI is InChI=1S/C15H23FN2O/c1-11(2)17-10-6-9-15(19)18-12(3)13-7-4-5-8-14(13)16/h4-5,7-8,11-12,17H,6,9-10H2,1-3H3,(H,18,19). The zero-order valence-electron chi connectivity index (χ0n) is 11.9. The molecule has 1 aromatic rings. The van der Waals surface area contributed by atoms with E-state index in [1.807, 2.05) is 0 Å². The summed E-state index contributed by atoms with van der Waals surface area (Å²) in [6.07, 6.45) is 1.24. The minimum atomic E-state index is -0.299. The SMILES string of the molecule is CC(C)NCCCC(=O)NC(C)c1ccccc1F. The Hall–Kier alpha value is -1.42. The predicted octanol–water partition coefficient (Wildman–Crippen LogP) is 2.78. The lowest BCUT2D eigenvalue weighted by Gasteiger charge is -2.15. The first-order valence-corrected chi connectivity index (χ1v) is 6.78. The molecule has 3 nitrogen and oxygen atoms in total. The number of nitrogens with one attached hydrogen (secondary N) is 2. The lowest BCUT2D eigenvalue weighted by atomic mass is 10.1. The smallest absolute Gasteiger partial charge is 0.220 e. The molecule has 1 unspecified atom stereocenters. The molecule has 1 rings (SSSR count). The molecule has 0 saturated heterocycles. The fourth-order valence-corrected chi connectivity index (χ4v) is 1.86. The largest absolute Gasteiger partial charge is 0.349 e. The van der Waals surface area contributed by atoms with Crippen LogP contribution in [0.4, 0.5) is 4.39 Å². The van der Waals surface area contributed by atoms with E-state index in [0.717, 1.165) is 13.0 Å². The average molecular weight is 266 g/mol. The molecule has 0 radical (unpaired) electrons. The highest BCUT2D eigenvalue weighted by molar-refractivity contribution is 5.76. The maximum absolute atomic E-state index is 13.5. The Morgan fingerprint density at radius 1 is 1.26 bits per heavy atom. The third-order valence-electron chi connectivity index (χ3n) is 2.88. The molecule has 0 aliphatic rings. The minimum absolute atomic E-state index is 0.0405. The summed E-state index contributed by atoms with van der Waals surface area (Å²) in [6, 6.07) is 6.65. The average Bonchev–Trinajstić information content (AvgIpc) is 2.35. The Bertz CT molecular complexity index is 407. The van der Waals surface area contributed by atoms with Crippen molar-refractivity contribution in [2.75, 3.05) is 6.54 Å². The molecule has 0 spiro atoms. The Balaban J connectivity index is 2.34. The van der Waals surface area contributed by atoms with E-state index in [9.17, 15) is 9.18 Å². The van der Waals surface area contributed by atoms with E-state index in [4.69, 9.17) is 0 Å². The van der Waals surface area contributed by atoms with Crippen molar-refractivity contribution in [3.63, 3.8) is 0 Å². The van der Waals surface area contributed by atoms with Crippen LogP contribution >= 0.6 is 0 Å². The molecule has 1 atom stereocenters. The topological polar surface area (TPSA) is 41.1 Å². The molecule has 0 heterocycles. The maximum Gasteiger partial charge on any atom is 0.220 e. The second-order valence-corrected chi connectivity index (χ2v) is 5.02. The van der Waals surface area contributed by atoms with Crippen LogP contribution in [0.1, 0.15) is 45.2 Å². The van der Waals surface area contributed by atoms with Crippen LogP contribution in [0, 0.1) is 5.82 Å². The first-order chi connectivity index (χ1) is 9.00. The van der Waals surface area contributed by atoms with Crippen LogP contribution in [0.15, 0.2) is 24.3 Å². The summed E-state index contributed by atoms with van der Waals surface area (Å²) < 4.78 is 13.5. The predicted molar refractivity (Wildman–Crippen MR) is 75.3 cm³/mol. The number of hydrogen-bond donors (Lipinski definition) is 2. The van der Waals surface area contributed by atoms with Gasteiger partial charge in [-0.3, -0.25) is 4.79 Å². The molecule has 0 aliphatic carbocycles. The van der Waals surface area contributed by atoms with Gasteiger partial charge in [-0.1, -0.05) is 32.0 Å². The van der Waals surface area contributed by atoms with Crippen molar-refractivity contribution >= 4 is 5.91 Å². The molecule has 0 bridgehead atoms. The number of hydrogen-bond acceptors (Lipinski definition) is 2. The van der Waals surface area contributed by atoms with E-state index in [0.29, 0.717) is 18.0 Å². The lowest BCUT2D eigenvalue weighted by molar-refractivity contribution is -0.121. The molecule has 2 N–H and O–H groups in total. The zero-order chi connectivity index (χ0) is 14.3. The lowest BCUT2D eigenvalue weighted by Crippen LogP contribution is -2.29. The first kappa shape index (κ1) is 15.6. The van der Waals surface area contributed by atoms with E-state index >= 15 is 0 Å². The monoisotopic (exact) mass is 266 g/mol. The fraction of sp³-hybridized carbons (Fsp3) is 0.533. The summed E-state index contributed by atoms with van der Waals surface area (Å²) in [5.74, 6) is -0.321. The summed E-state index contributed by atoms with van der Waals surface area (Å²) in [4.78, 5) is 11.7. The quantitative estimate of drug-likeness (QED) is 0.745. The Morgan fingerprint density at radius 3 is 2.58 bits per heavy atom. The van der Waals surface area contributed by atoms with Gasteiger partial charge in [-0.2, -0.15) is 0 Å². The van der Waals surface area contributed by atoms with Gasteiger partial charge in [-0.25, -0.2) is 4.39 Å². The van der Waals surface area contributed by atoms with Crippen LogP contribution in [0.5, 0.6) is 0 Å². The molecule has 1 amide bonds. The van der Waals surface area contributed by atoms with Crippen molar-refractivity contribution in [1.82, 2.24) is 10.6 Å². The summed E-state index contributed by atoms with van der Waals surface area (Å²) in [5.41, 5.74) is 0.524. The van der Waals surface area contributed by atoms with Gasteiger partial charge in [-0.05, 0) is 26.0 Å². The maximum atomic E-state index is 13.5. The molecular formula is C15H23FN2O. The van der Waals surface area contributed by atoms with Crippen molar-refractivity contribution in [2.24, 2.45) is 0 Å². The van der Waals surface area contributed by atoms with Crippen molar-refractivity contribution in [2.45, 2.75) is 45.7 Å². The van der Waals surface area contributed by atoms with E-state index < -0.39 is 0 Å².